The van der Waals surface area contributed by atoms with Gasteiger partial charge in [0.05, 0.1) is 27.0 Å². The van der Waals surface area contributed by atoms with E-state index in [4.69, 9.17) is 26.4 Å². The highest BCUT2D eigenvalue weighted by molar-refractivity contribution is 7.81. The summed E-state index contributed by atoms with van der Waals surface area (Å²) in [6, 6.07) is 23.5. The second kappa shape index (κ2) is 8.56. The number of hydrogen-bond acceptors (Lipinski definition) is 4. The van der Waals surface area contributed by atoms with Crippen LogP contribution >= 0.6 is 12.2 Å². The lowest BCUT2D eigenvalue weighted by molar-refractivity contribution is 0.349. The molecule has 0 radical (unpaired) electrons. The molecule has 0 saturated carbocycles. The SMILES string of the molecule is COc1cc(OC)c(N(C(=S)c2ccccc2)c2ccccc2)cc1OC. The van der Waals surface area contributed by atoms with Crippen LogP contribution in [-0.2, 0) is 0 Å². The molecule has 5 heteroatoms. The summed E-state index contributed by atoms with van der Waals surface area (Å²) < 4.78 is 16.5. The fourth-order valence-electron chi connectivity index (χ4n) is 2.84. The smallest absolute Gasteiger partial charge is 0.164 e. The van der Waals surface area contributed by atoms with Crippen LogP contribution in [0.4, 0.5) is 11.4 Å². The van der Waals surface area contributed by atoms with Crippen molar-refractivity contribution in [3.8, 4) is 17.2 Å². The van der Waals surface area contributed by atoms with Gasteiger partial charge in [-0.3, -0.25) is 4.90 Å². The molecule has 4 nitrogen and oxygen atoms in total. The Morgan fingerprint density at radius 1 is 0.704 bits per heavy atom. The topological polar surface area (TPSA) is 30.9 Å². The van der Waals surface area contributed by atoms with Crippen LogP contribution in [0.15, 0.2) is 72.8 Å². The molecule has 0 amide bonds. The minimum atomic E-state index is 0.594. The summed E-state index contributed by atoms with van der Waals surface area (Å²) in [7, 11) is 4.83. The van der Waals surface area contributed by atoms with Gasteiger partial charge in [0.15, 0.2) is 11.5 Å². The first-order chi connectivity index (χ1) is 13.2. The summed E-state index contributed by atoms with van der Waals surface area (Å²) in [6.45, 7) is 0. The van der Waals surface area contributed by atoms with Crippen LogP contribution in [0.5, 0.6) is 17.2 Å². The van der Waals surface area contributed by atoms with Gasteiger partial charge in [-0.05, 0) is 12.1 Å². The highest BCUT2D eigenvalue weighted by atomic mass is 32.1. The predicted molar refractivity (Wildman–Crippen MR) is 113 cm³/mol. The van der Waals surface area contributed by atoms with E-state index in [-0.39, 0.29) is 0 Å². The van der Waals surface area contributed by atoms with E-state index in [1.54, 1.807) is 27.4 Å². The number of rotatable bonds is 6. The lowest BCUT2D eigenvalue weighted by atomic mass is 10.1. The van der Waals surface area contributed by atoms with Crippen LogP contribution < -0.4 is 19.1 Å². The van der Waals surface area contributed by atoms with E-state index in [2.05, 4.69) is 0 Å². The number of methoxy groups -OCH3 is 3. The Kier molecular flexibility index (Phi) is 5.94. The molecule has 138 valence electrons. The third-order valence-corrected chi connectivity index (χ3v) is 4.58. The van der Waals surface area contributed by atoms with E-state index < -0.39 is 0 Å². The van der Waals surface area contributed by atoms with Gasteiger partial charge in [0.1, 0.15) is 10.7 Å². The summed E-state index contributed by atoms with van der Waals surface area (Å²) >= 11 is 5.85. The number of anilines is 2. The summed E-state index contributed by atoms with van der Waals surface area (Å²) in [6.07, 6.45) is 0. The second-order valence-electron chi connectivity index (χ2n) is 5.72. The predicted octanol–water partition coefficient (Wildman–Crippen LogP) is 5.23. The minimum Gasteiger partial charge on any atom is -0.494 e. The van der Waals surface area contributed by atoms with Gasteiger partial charge >= 0.3 is 0 Å². The van der Waals surface area contributed by atoms with Crippen molar-refractivity contribution in [1.82, 2.24) is 0 Å². The average Bonchev–Trinajstić information content (AvgIpc) is 2.74. The Bertz CT molecular complexity index is 914. The normalized spacial score (nSPS) is 10.2. The number of benzene rings is 3. The van der Waals surface area contributed by atoms with Crippen LogP contribution in [0, 0.1) is 0 Å². The van der Waals surface area contributed by atoms with Crippen LogP contribution in [0.1, 0.15) is 5.56 Å². The zero-order valence-electron chi connectivity index (χ0n) is 15.5. The van der Waals surface area contributed by atoms with Crippen molar-refractivity contribution in [2.45, 2.75) is 0 Å². The monoisotopic (exact) mass is 379 g/mol. The van der Waals surface area contributed by atoms with Crippen molar-refractivity contribution < 1.29 is 14.2 Å². The van der Waals surface area contributed by atoms with Crippen molar-refractivity contribution in [3.05, 3.63) is 78.4 Å². The molecular formula is C22H21NO3S. The maximum absolute atomic E-state index is 5.85. The minimum absolute atomic E-state index is 0.594. The molecular weight excluding hydrogens is 358 g/mol. The Balaban J connectivity index is 2.21. The fraction of sp³-hybridized carbons (Fsp3) is 0.136. The molecule has 3 aromatic carbocycles. The molecule has 0 saturated heterocycles. The number of thiocarbonyl (C=S) groups is 1. The third kappa shape index (κ3) is 3.88. The summed E-state index contributed by atoms with van der Waals surface area (Å²) in [5.41, 5.74) is 2.64. The van der Waals surface area contributed by atoms with E-state index in [1.165, 1.54) is 0 Å². The largest absolute Gasteiger partial charge is 0.494 e. The molecule has 27 heavy (non-hydrogen) atoms. The van der Waals surface area contributed by atoms with Crippen LogP contribution in [-0.4, -0.2) is 26.3 Å². The van der Waals surface area contributed by atoms with Crippen LogP contribution in [0.3, 0.4) is 0 Å². The van der Waals surface area contributed by atoms with Crippen molar-refractivity contribution in [3.63, 3.8) is 0 Å². The number of nitrogens with zero attached hydrogens (tertiary/aromatic N) is 1. The Hall–Kier alpha value is -3.05. The van der Waals surface area contributed by atoms with E-state index in [0.29, 0.717) is 22.2 Å². The Morgan fingerprint density at radius 2 is 1.22 bits per heavy atom. The molecule has 0 N–H and O–H groups in total. The average molecular weight is 379 g/mol. The lowest BCUT2D eigenvalue weighted by Gasteiger charge is -2.28. The van der Waals surface area contributed by atoms with E-state index in [0.717, 1.165) is 16.9 Å². The first-order valence-electron chi connectivity index (χ1n) is 8.44. The molecule has 0 spiro atoms. The molecule has 0 unspecified atom stereocenters. The lowest BCUT2D eigenvalue weighted by Crippen LogP contribution is -2.25. The number of ether oxygens (including phenoxy) is 3. The number of para-hydroxylation sites is 1. The Labute approximate surface area is 164 Å². The zero-order valence-corrected chi connectivity index (χ0v) is 16.3. The molecule has 0 heterocycles. The summed E-state index contributed by atoms with van der Waals surface area (Å²) in [5, 5.41) is 0. The molecule has 0 bridgehead atoms. The second-order valence-corrected chi connectivity index (χ2v) is 6.11. The van der Waals surface area contributed by atoms with Gasteiger partial charge < -0.3 is 14.2 Å². The molecule has 0 atom stereocenters. The first-order valence-corrected chi connectivity index (χ1v) is 8.85. The van der Waals surface area contributed by atoms with Gasteiger partial charge in [-0.1, -0.05) is 60.7 Å². The van der Waals surface area contributed by atoms with E-state index >= 15 is 0 Å². The Morgan fingerprint density at radius 3 is 1.78 bits per heavy atom. The standard InChI is InChI=1S/C22H21NO3S/c1-24-19-15-21(26-3)20(25-2)14-18(19)23(17-12-8-5-9-13-17)22(27)16-10-6-4-7-11-16/h4-15H,1-3H3. The number of hydrogen-bond donors (Lipinski definition) is 0. The van der Waals surface area contributed by atoms with Crippen molar-refractivity contribution in [1.29, 1.82) is 0 Å². The molecule has 0 aliphatic rings. The van der Waals surface area contributed by atoms with Crippen LogP contribution in [0.2, 0.25) is 0 Å². The molecule has 3 aromatic rings. The molecule has 0 aromatic heterocycles. The fourth-order valence-corrected chi connectivity index (χ4v) is 3.18. The van der Waals surface area contributed by atoms with Gasteiger partial charge in [-0.25, -0.2) is 0 Å². The van der Waals surface area contributed by atoms with Gasteiger partial charge in [0.2, 0.25) is 0 Å². The molecule has 0 aliphatic heterocycles. The summed E-state index contributed by atoms with van der Waals surface area (Å²) in [4.78, 5) is 2.64. The highest BCUT2D eigenvalue weighted by Gasteiger charge is 2.22. The van der Waals surface area contributed by atoms with Gasteiger partial charge in [0, 0.05) is 23.4 Å². The molecule has 0 aliphatic carbocycles. The maximum atomic E-state index is 5.85. The van der Waals surface area contributed by atoms with E-state index in [9.17, 15) is 0 Å². The molecule has 3 rings (SSSR count). The zero-order chi connectivity index (χ0) is 19.2. The van der Waals surface area contributed by atoms with Gasteiger partial charge in [-0.15, -0.1) is 0 Å². The van der Waals surface area contributed by atoms with Crippen molar-refractivity contribution in [2.75, 3.05) is 26.2 Å². The van der Waals surface area contributed by atoms with Crippen LogP contribution in [0.25, 0.3) is 0 Å². The van der Waals surface area contributed by atoms with Gasteiger partial charge in [-0.2, -0.15) is 0 Å². The quantitative estimate of drug-likeness (QED) is 0.548. The van der Waals surface area contributed by atoms with Crippen molar-refractivity contribution >= 4 is 28.6 Å². The highest BCUT2D eigenvalue weighted by Crippen LogP contribution is 2.43. The maximum Gasteiger partial charge on any atom is 0.164 e. The summed E-state index contributed by atoms with van der Waals surface area (Å²) in [5.74, 6) is 1.83. The third-order valence-electron chi connectivity index (χ3n) is 4.16. The first kappa shape index (κ1) is 18.7. The molecule has 0 fully saturated rings. The van der Waals surface area contributed by atoms with Crippen molar-refractivity contribution in [2.24, 2.45) is 0 Å². The van der Waals surface area contributed by atoms with Gasteiger partial charge in [0.25, 0.3) is 0 Å². The van der Waals surface area contributed by atoms with E-state index in [1.807, 2.05) is 71.6 Å².